The van der Waals surface area contributed by atoms with Crippen LogP contribution in [0.25, 0.3) is 22.6 Å². The molecule has 1 atom stereocenters. The van der Waals surface area contributed by atoms with Crippen LogP contribution in [-0.2, 0) is 30.1 Å². The van der Waals surface area contributed by atoms with Gasteiger partial charge in [0.25, 0.3) is 0 Å². The van der Waals surface area contributed by atoms with Crippen LogP contribution < -0.4 is 0 Å². The number of amides is 1. The number of rotatable bonds is 8. The fourth-order valence-corrected chi connectivity index (χ4v) is 3.92. The molecule has 0 saturated heterocycles. The minimum Gasteiger partial charge on any atom is -0.334 e. The highest BCUT2D eigenvalue weighted by Gasteiger charge is 2.29. The molecule has 0 radical (unpaired) electrons. The Morgan fingerprint density at radius 2 is 1.74 bits per heavy atom. The van der Waals surface area contributed by atoms with Gasteiger partial charge in [-0.3, -0.25) is 14.6 Å². The van der Waals surface area contributed by atoms with Crippen LogP contribution in [0.4, 0.5) is 0 Å². The van der Waals surface area contributed by atoms with Gasteiger partial charge < -0.3 is 9.13 Å². The number of hydrogen-bond donors (Lipinski definition) is 0. The number of nitrogens with zero attached hydrogens (tertiary/aromatic N) is 6. The van der Waals surface area contributed by atoms with Crippen LogP contribution in [0.15, 0.2) is 67.3 Å². The van der Waals surface area contributed by atoms with E-state index in [1.165, 1.54) is 5.06 Å². The quantitative estimate of drug-likeness (QED) is 0.290. The second-order valence-electron chi connectivity index (χ2n) is 9.21. The Morgan fingerprint density at radius 1 is 1.00 bits per heavy atom. The summed E-state index contributed by atoms with van der Waals surface area (Å²) in [5, 5.41) is 1.35. The van der Waals surface area contributed by atoms with Gasteiger partial charge in [-0.25, -0.2) is 15.0 Å². The molecule has 4 aromatic rings. The maximum Gasteiger partial charge on any atom is 0.234 e. The lowest BCUT2D eigenvalue weighted by Gasteiger charge is -2.32. The predicted octanol–water partition coefficient (Wildman–Crippen LogP) is 4.35. The zero-order chi connectivity index (χ0) is 24.3. The monoisotopic (exact) mass is 458 g/mol. The third-order valence-corrected chi connectivity index (χ3v) is 5.50. The Morgan fingerprint density at radius 3 is 2.32 bits per heavy atom. The number of hydroxylamine groups is 2. The standard InChI is InChI=1S/C26H30N6O2/c1-26(2,3)34-32(18-33)22(16-21-8-6-7-13-27-21)25-29-17-23(31(25)5)19-9-11-20(12-10-19)24-28-14-15-30(24)4/h6-15,17-18,22H,16H2,1-5H3/t22-/m0/s1. The summed E-state index contributed by atoms with van der Waals surface area (Å²) in [6.45, 7) is 5.73. The van der Waals surface area contributed by atoms with E-state index in [0.29, 0.717) is 12.2 Å². The van der Waals surface area contributed by atoms with E-state index in [0.717, 1.165) is 34.7 Å². The van der Waals surface area contributed by atoms with E-state index in [1.807, 2.05) is 74.6 Å². The van der Waals surface area contributed by atoms with E-state index in [1.54, 1.807) is 12.4 Å². The van der Waals surface area contributed by atoms with Gasteiger partial charge in [0.15, 0.2) is 0 Å². The first-order chi connectivity index (χ1) is 16.3. The van der Waals surface area contributed by atoms with Crippen LogP contribution in [0, 0.1) is 0 Å². The van der Waals surface area contributed by atoms with Crippen molar-refractivity contribution in [3.63, 3.8) is 0 Å². The van der Waals surface area contributed by atoms with E-state index >= 15 is 0 Å². The third kappa shape index (κ3) is 5.07. The van der Waals surface area contributed by atoms with Gasteiger partial charge >= 0.3 is 0 Å². The summed E-state index contributed by atoms with van der Waals surface area (Å²) < 4.78 is 3.99. The molecular formula is C26H30N6O2. The van der Waals surface area contributed by atoms with E-state index < -0.39 is 11.6 Å². The van der Waals surface area contributed by atoms with Crippen LogP contribution in [0.2, 0.25) is 0 Å². The number of imidazole rings is 2. The van der Waals surface area contributed by atoms with Crippen molar-refractivity contribution in [1.29, 1.82) is 0 Å². The zero-order valence-electron chi connectivity index (χ0n) is 20.2. The average molecular weight is 459 g/mol. The Hall–Kier alpha value is -3.78. The SMILES string of the molecule is Cn1ccnc1-c1ccc(-c2cnc([C@H](Cc3ccccn3)N(C=O)OC(C)(C)C)n2C)cc1. The first-order valence-electron chi connectivity index (χ1n) is 11.2. The number of benzene rings is 1. The first kappa shape index (κ1) is 23.4. The highest BCUT2D eigenvalue weighted by Crippen LogP contribution is 2.30. The van der Waals surface area contributed by atoms with Crippen molar-refractivity contribution >= 4 is 6.41 Å². The van der Waals surface area contributed by atoms with Crippen LogP contribution >= 0.6 is 0 Å². The van der Waals surface area contributed by atoms with Gasteiger partial charge in [0.1, 0.15) is 17.7 Å². The van der Waals surface area contributed by atoms with Gasteiger partial charge in [-0.15, -0.1) is 0 Å². The minimum absolute atomic E-state index is 0.447. The average Bonchev–Trinajstić information content (AvgIpc) is 3.41. The van der Waals surface area contributed by atoms with Crippen molar-refractivity contribution in [2.24, 2.45) is 14.1 Å². The maximum atomic E-state index is 12.1. The number of carbonyl (C=O) groups excluding carboxylic acids is 1. The summed E-state index contributed by atoms with van der Waals surface area (Å²) in [5.74, 6) is 1.62. The molecule has 3 heterocycles. The molecule has 8 heteroatoms. The summed E-state index contributed by atoms with van der Waals surface area (Å²) in [7, 11) is 3.93. The molecule has 0 aliphatic rings. The third-order valence-electron chi connectivity index (χ3n) is 5.50. The second kappa shape index (κ2) is 9.61. The van der Waals surface area contributed by atoms with Crippen molar-refractivity contribution in [3.8, 4) is 22.6 Å². The largest absolute Gasteiger partial charge is 0.334 e. The Balaban J connectivity index is 1.68. The van der Waals surface area contributed by atoms with Crippen molar-refractivity contribution in [2.45, 2.75) is 38.8 Å². The van der Waals surface area contributed by atoms with Crippen molar-refractivity contribution in [3.05, 3.63) is 78.8 Å². The number of pyridine rings is 1. The van der Waals surface area contributed by atoms with Gasteiger partial charge in [0.2, 0.25) is 6.41 Å². The van der Waals surface area contributed by atoms with Gasteiger partial charge in [-0.1, -0.05) is 30.3 Å². The van der Waals surface area contributed by atoms with Gasteiger partial charge in [0.05, 0.1) is 17.5 Å². The molecule has 0 bridgehead atoms. The summed E-state index contributed by atoms with van der Waals surface area (Å²) in [6.07, 6.45) is 8.48. The Labute approximate surface area is 199 Å². The molecule has 0 N–H and O–H groups in total. The molecule has 1 amide bonds. The van der Waals surface area contributed by atoms with Crippen LogP contribution in [0.5, 0.6) is 0 Å². The Kier molecular flexibility index (Phi) is 6.61. The fourth-order valence-electron chi connectivity index (χ4n) is 3.92. The maximum absolute atomic E-state index is 12.1. The smallest absolute Gasteiger partial charge is 0.234 e. The van der Waals surface area contributed by atoms with Crippen molar-refractivity contribution in [1.82, 2.24) is 29.1 Å². The number of aryl methyl sites for hydroxylation is 1. The number of carbonyl (C=O) groups is 1. The molecule has 0 spiro atoms. The molecule has 0 unspecified atom stereocenters. The van der Waals surface area contributed by atoms with E-state index in [4.69, 9.17) is 9.82 Å². The van der Waals surface area contributed by atoms with Gasteiger partial charge in [-0.2, -0.15) is 0 Å². The molecule has 176 valence electrons. The number of hydrogen-bond acceptors (Lipinski definition) is 5. The molecule has 1 aromatic carbocycles. The molecule has 8 nitrogen and oxygen atoms in total. The van der Waals surface area contributed by atoms with E-state index in [-0.39, 0.29) is 0 Å². The lowest BCUT2D eigenvalue weighted by Crippen LogP contribution is -2.38. The predicted molar refractivity (Wildman–Crippen MR) is 130 cm³/mol. The highest BCUT2D eigenvalue weighted by molar-refractivity contribution is 5.65. The molecule has 3 aromatic heterocycles. The molecule has 0 aliphatic carbocycles. The number of aromatic nitrogens is 5. The lowest BCUT2D eigenvalue weighted by molar-refractivity contribution is -0.235. The zero-order valence-corrected chi connectivity index (χ0v) is 20.2. The molecule has 34 heavy (non-hydrogen) atoms. The molecule has 4 rings (SSSR count). The normalized spacial score (nSPS) is 12.5. The topological polar surface area (TPSA) is 78.1 Å². The van der Waals surface area contributed by atoms with Crippen LogP contribution in [0.1, 0.15) is 38.3 Å². The van der Waals surface area contributed by atoms with E-state index in [2.05, 4.69) is 34.2 Å². The summed E-state index contributed by atoms with van der Waals surface area (Å²) in [6, 6.07) is 13.5. The minimum atomic E-state index is -0.544. The summed E-state index contributed by atoms with van der Waals surface area (Å²) in [5.41, 5.74) is 3.30. The summed E-state index contributed by atoms with van der Waals surface area (Å²) in [4.78, 5) is 31.7. The lowest BCUT2D eigenvalue weighted by atomic mass is 10.1. The van der Waals surface area contributed by atoms with Gasteiger partial charge in [0, 0.05) is 50.4 Å². The van der Waals surface area contributed by atoms with Crippen molar-refractivity contribution in [2.75, 3.05) is 0 Å². The van der Waals surface area contributed by atoms with Crippen molar-refractivity contribution < 1.29 is 9.63 Å². The molecule has 0 saturated carbocycles. The fraction of sp³-hybridized carbons (Fsp3) is 0.308. The highest BCUT2D eigenvalue weighted by atomic mass is 16.7. The molecule has 0 fully saturated rings. The van der Waals surface area contributed by atoms with Gasteiger partial charge in [-0.05, 0) is 38.5 Å². The van der Waals surface area contributed by atoms with E-state index in [9.17, 15) is 4.79 Å². The summed E-state index contributed by atoms with van der Waals surface area (Å²) >= 11 is 0. The van der Waals surface area contributed by atoms with Crippen LogP contribution in [0.3, 0.4) is 0 Å². The molecule has 0 aliphatic heterocycles. The molecular weight excluding hydrogens is 428 g/mol. The second-order valence-corrected chi connectivity index (χ2v) is 9.21. The van der Waals surface area contributed by atoms with Crippen LogP contribution in [-0.4, -0.2) is 41.2 Å². The Bertz CT molecular complexity index is 1240. The first-order valence-corrected chi connectivity index (χ1v) is 11.2.